The summed E-state index contributed by atoms with van der Waals surface area (Å²) in [5.74, 6) is 0.986. The quantitative estimate of drug-likeness (QED) is 0.386. The molecule has 0 aliphatic rings. The van der Waals surface area contributed by atoms with Gasteiger partial charge in [-0.25, -0.2) is 0 Å². The van der Waals surface area contributed by atoms with Crippen LogP contribution in [0.15, 0.2) is 11.9 Å². The number of aliphatic hydroxyl groups is 2. The van der Waals surface area contributed by atoms with Gasteiger partial charge in [0.05, 0.1) is 13.2 Å². The highest BCUT2D eigenvalue weighted by atomic mass is 31.1. The van der Waals surface area contributed by atoms with Gasteiger partial charge in [0.1, 0.15) is 14.0 Å². The molecule has 72 valence electrons. The van der Waals surface area contributed by atoms with Crippen LogP contribution >= 0.6 is 8.03 Å². The second kappa shape index (κ2) is 7.18. The van der Waals surface area contributed by atoms with Crippen molar-refractivity contribution in [2.45, 2.75) is 12.1 Å². The number of hydrogen-bond donors (Lipinski definition) is 3. The average Bonchev–Trinajstić information content (AvgIpc) is 2.11. The van der Waals surface area contributed by atoms with Crippen molar-refractivity contribution in [2.75, 3.05) is 13.2 Å². The second-order valence-electron chi connectivity index (χ2n) is 2.22. The summed E-state index contributed by atoms with van der Waals surface area (Å²) in [6.45, 7) is -0.747. The molecule has 0 aromatic heterocycles. The molecule has 7 heteroatoms. The SMILES string of the molecule is [B][C@@H](CO)O[C@H](/C=C/[P+](=O)O)CO. The lowest BCUT2D eigenvalue weighted by Crippen LogP contribution is -2.26. The molecule has 1 unspecified atom stereocenters. The van der Waals surface area contributed by atoms with E-state index in [2.05, 4.69) is 0 Å². The van der Waals surface area contributed by atoms with Crippen molar-refractivity contribution in [1.29, 1.82) is 0 Å². The molecule has 0 rings (SSSR count). The lowest BCUT2D eigenvalue weighted by molar-refractivity contribution is 0.000781. The molecule has 0 spiro atoms. The van der Waals surface area contributed by atoms with Crippen molar-refractivity contribution >= 4 is 15.9 Å². The van der Waals surface area contributed by atoms with Crippen molar-refractivity contribution in [3.63, 3.8) is 0 Å². The zero-order chi connectivity index (χ0) is 10.3. The Morgan fingerprint density at radius 1 is 1.46 bits per heavy atom. The first-order chi connectivity index (χ1) is 6.10. The highest BCUT2D eigenvalue weighted by Gasteiger charge is 2.11. The predicted molar refractivity (Wildman–Crippen MR) is 47.6 cm³/mol. The molecule has 0 saturated heterocycles. The van der Waals surface area contributed by atoms with Crippen LogP contribution in [0.4, 0.5) is 0 Å². The third-order valence-corrected chi connectivity index (χ3v) is 1.56. The van der Waals surface area contributed by atoms with Crippen LogP contribution in [0.25, 0.3) is 0 Å². The first-order valence-corrected chi connectivity index (χ1v) is 4.84. The molecule has 0 aliphatic carbocycles. The smallest absolute Gasteiger partial charge is 0.395 e. The van der Waals surface area contributed by atoms with Gasteiger partial charge in [0, 0.05) is 6.00 Å². The van der Waals surface area contributed by atoms with Gasteiger partial charge < -0.3 is 14.9 Å². The Morgan fingerprint density at radius 2 is 2.08 bits per heavy atom. The van der Waals surface area contributed by atoms with Gasteiger partial charge in [0.15, 0.2) is 5.82 Å². The third kappa shape index (κ3) is 6.87. The maximum Gasteiger partial charge on any atom is 0.537 e. The molecule has 0 aliphatic heterocycles. The van der Waals surface area contributed by atoms with E-state index in [0.29, 0.717) is 0 Å². The Labute approximate surface area is 78.3 Å². The molecule has 5 nitrogen and oxygen atoms in total. The maximum absolute atomic E-state index is 10.2. The zero-order valence-corrected chi connectivity index (χ0v) is 7.80. The third-order valence-electron chi connectivity index (χ3n) is 1.14. The molecule has 0 fully saturated rings. The molecule has 2 radical (unpaired) electrons. The Balaban J connectivity index is 3.95. The van der Waals surface area contributed by atoms with Crippen LogP contribution in [0.1, 0.15) is 0 Å². The monoisotopic (exact) mass is 205 g/mol. The van der Waals surface area contributed by atoms with E-state index >= 15 is 0 Å². The average molecular weight is 205 g/mol. The standard InChI is InChI=1S/C6H10BO5P/c7-6(4-9)12-5(3-8)1-2-13(10)11/h1-2,5-6,8-9H,3-4H2/p+1/b2-1+/t5-,6-/m1/s1. The number of ether oxygens (including phenoxy) is 1. The van der Waals surface area contributed by atoms with Gasteiger partial charge in [0.25, 0.3) is 0 Å². The Kier molecular flexibility index (Phi) is 7.04. The van der Waals surface area contributed by atoms with Crippen LogP contribution in [0.2, 0.25) is 0 Å². The summed E-state index contributed by atoms with van der Waals surface area (Å²) >= 11 is 0. The molecule has 0 saturated carbocycles. The lowest BCUT2D eigenvalue weighted by atomic mass is 10.0. The van der Waals surface area contributed by atoms with Gasteiger partial charge in [0.2, 0.25) is 0 Å². The van der Waals surface area contributed by atoms with Crippen molar-refractivity contribution in [3.05, 3.63) is 11.9 Å². The molecule has 0 heterocycles. The molecular weight excluding hydrogens is 194 g/mol. The van der Waals surface area contributed by atoms with E-state index in [1.165, 1.54) is 6.08 Å². The Morgan fingerprint density at radius 3 is 2.46 bits per heavy atom. The summed E-state index contributed by atoms with van der Waals surface area (Å²) in [6.07, 6.45) is 0.446. The summed E-state index contributed by atoms with van der Waals surface area (Å²) < 4.78 is 15.1. The summed E-state index contributed by atoms with van der Waals surface area (Å²) in [5.41, 5.74) is 0. The molecule has 13 heavy (non-hydrogen) atoms. The summed E-state index contributed by atoms with van der Waals surface area (Å²) in [6, 6.07) is -0.904. The minimum absolute atomic E-state index is 0.368. The minimum Gasteiger partial charge on any atom is -0.395 e. The number of aliphatic hydroxyl groups excluding tert-OH is 2. The van der Waals surface area contributed by atoms with Crippen LogP contribution in [0.5, 0.6) is 0 Å². The first-order valence-electron chi connectivity index (χ1n) is 3.56. The first kappa shape index (κ1) is 12.7. The molecule has 0 aromatic rings. The van der Waals surface area contributed by atoms with E-state index in [4.69, 9.17) is 27.7 Å². The van der Waals surface area contributed by atoms with E-state index in [1.54, 1.807) is 0 Å². The summed E-state index contributed by atoms with van der Waals surface area (Å²) in [4.78, 5) is 8.39. The van der Waals surface area contributed by atoms with E-state index in [1.807, 2.05) is 0 Å². The van der Waals surface area contributed by atoms with E-state index in [0.717, 1.165) is 5.82 Å². The fraction of sp³-hybridized carbons (Fsp3) is 0.667. The molecule has 0 amide bonds. The molecule has 0 aromatic carbocycles. The van der Waals surface area contributed by atoms with Gasteiger partial charge in [-0.2, -0.15) is 4.89 Å². The van der Waals surface area contributed by atoms with Crippen molar-refractivity contribution in [1.82, 2.24) is 0 Å². The zero-order valence-electron chi connectivity index (χ0n) is 6.91. The molecule has 3 atom stereocenters. The van der Waals surface area contributed by atoms with Gasteiger partial charge >= 0.3 is 8.03 Å². The number of rotatable bonds is 6. The normalized spacial score (nSPS) is 17.3. The maximum atomic E-state index is 10.2. The van der Waals surface area contributed by atoms with Crippen LogP contribution in [-0.4, -0.2) is 48.3 Å². The van der Waals surface area contributed by atoms with Gasteiger partial charge in [-0.05, 0) is 10.6 Å². The summed E-state index contributed by atoms with van der Waals surface area (Å²) in [7, 11) is 2.81. The molecular formula is C6H11BO5P+. The highest BCUT2D eigenvalue weighted by molar-refractivity contribution is 7.41. The van der Waals surface area contributed by atoms with Crippen LogP contribution in [0.3, 0.4) is 0 Å². The van der Waals surface area contributed by atoms with E-state index in [9.17, 15) is 4.57 Å². The molecule has 3 N–H and O–H groups in total. The van der Waals surface area contributed by atoms with Gasteiger partial charge in [-0.15, -0.1) is 0 Å². The van der Waals surface area contributed by atoms with Crippen LogP contribution in [-0.2, 0) is 9.30 Å². The Hall–Kier alpha value is -0.255. The Bertz CT molecular complexity index is 186. The van der Waals surface area contributed by atoms with Crippen LogP contribution < -0.4 is 0 Å². The molecule has 0 bridgehead atoms. The predicted octanol–water partition coefficient (Wildman–Crippen LogP) is -0.901. The van der Waals surface area contributed by atoms with Crippen molar-refractivity contribution in [3.8, 4) is 0 Å². The van der Waals surface area contributed by atoms with E-state index < -0.39 is 20.1 Å². The highest BCUT2D eigenvalue weighted by Crippen LogP contribution is 2.15. The number of hydrogen-bond acceptors (Lipinski definition) is 4. The summed E-state index contributed by atoms with van der Waals surface area (Å²) in [5, 5.41) is 17.2. The van der Waals surface area contributed by atoms with Crippen LogP contribution in [0, 0.1) is 0 Å². The fourth-order valence-corrected chi connectivity index (χ4v) is 0.926. The van der Waals surface area contributed by atoms with Crippen molar-refractivity contribution < 1.29 is 24.4 Å². The van der Waals surface area contributed by atoms with Gasteiger partial charge in [-0.1, -0.05) is 0 Å². The van der Waals surface area contributed by atoms with Crippen molar-refractivity contribution in [2.24, 2.45) is 0 Å². The van der Waals surface area contributed by atoms with E-state index in [-0.39, 0.29) is 13.2 Å². The topological polar surface area (TPSA) is 87.0 Å². The minimum atomic E-state index is -2.39. The second-order valence-corrected chi connectivity index (χ2v) is 3.13. The fourth-order valence-electron chi connectivity index (χ4n) is 0.586. The lowest BCUT2D eigenvalue weighted by Gasteiger charge is -2.15. The van der Waals surface area contributed by atoms with Gasteiger partial charge in [-0.3, -0.25) is 0 Å². The largest absolute Gasteiger partial charge is 0.537 e.